The molecule has 3 aromatic heterocycles. The van der Waals surface area contributed by atoms with Crippen molar-refractivity contribution in [1.82, 2.24) is 15.1 Å². The van der Waals surface area contributed by atoms with Gasteiger partial charge in [0.2, 0.25) is 0 Å². The highest BCUT2D eigenvalue weighted by Crippen LogP contribution is 2.43. The smallest absolute Gasteiger partial charge is 0.274 e. The van der Waals surface area contributed by atoms with Crippen LogP contribution in [0.4, 0.5) is 0 Å². The third-order valence-corrected chi connectivity index (χ3v) is 6.66. The maximum Gasteiger partial charge on any atom is 0.274 e. The molecule has 4 nitrogen and oxygen atoms in total. The van der Waals surface area contributed by atoms with Gasteiger partial charge in [-0.15, -0.1) is 0 Å². The summed E-state index contributed by atoms with van der Waals surface area (Å²) in [4.78, 5) is 14.5. The second-order valence-corrected chi connectivity index (χ2v) is 8.18. The Hall–Kier alpha value is -2.18. The quantitative estimate of drug-likeness (QED) is 0.762. The summed E-state index contributed by atoms with van der Waals surface area (Å²) >= 11 is 3.44. The van der Waals surface area contributed by atoms with E-state index in [9.17, 15) is 4.79 Å². The number of carbonyl (C=O) groups excluding carboxylic acids is 1. The Labute approximate surface area is 153 Å². The van der Waals surface area contributed by atoms with E-state index in [1.807, 2.05) is 4.90 Å². The fourth-order valence-electron chi connectivity index (χ4n) is 3.70. The summed E-state index contributed by atoms with van der Waals surface area (Å²) in [5, 5.41) is 16.2. The van der Waals surface area contributed by atoms with Crippen LogP contribution in [0.15, 0.2) is 39.7 Å². The van der Waals surface area contributed by atoms with E-state index in [0.29, 0.717) is 5.69 Å². The van der Waals surface area contributed by atoms with Crippen LogP contribution in [0.5, 0.6) is 0 Å². The number of amides is 1. The molecule has 0 atom stereocenters. The van der Waals surface area contributed by atoms with Gasteiger partial charge in [-0.05, 0) is 51.2 Å². The second-order valence-electron chi connectivity index (χ2n) is 6.62. The first kappa shape index (κ1) is 15.1. The van der Waals surface area contributed by atoms with Crippen molar-refractivity contribution in [3.63, 3.8) is 0 Å². The SMILES string of the molecule is O=C(c1n[nH]c2c1C=CC(c1ccsc1)(c1ccsc1)C2)N1CCC1. The summed E-state index contributed by atoms with van der Waals surface area (Å²) < 4.78 is 0. The van der Waals surface area contributed by atoms with Crippen LogP contribution in [-0.2, 0) is 11.8 Å². The normalized spacial score (nSPS) is 18.0. The van der Waals surface area contributed by atoms with Crippen molar-refractivity contribution in [3.05, 3.63) is 67.8 Å². The van der Waals surface area contributed by atoms with E-state index in [1.165, 1.54) is 11.1 Å². The van der Waals surface area contributed by atoms with Crippen molar-refractivity contribution in [2.75, 3.05) is 13.1 Å². The van der Waals surface area contributed by atoms with Crippen LogP contribution in [-0.4, -0.2) is 34.1 Å². The van der Waals surface area contributed by atoms with Crippen molar-refractivity contribution in [2.45, 2.75) is 18.3 Å². The number of fused-ring (bicyclic) bond motifs is 1. The summed E-state index contributed by atoms with van der Waals surface area (Å²) in [7, 11) is 0. The number of aromatic nitrogens is 2. The van der Waals surface area contributed by atoms with Crippen LogP contribution in [0.2, 0.25) is 0 Å². The number of allylic oxidation sites excluding steroid dienone is 1. The van der Waals surface area contributed by atoms with E-state index in [1.54, 1.807) is 22.7 Å². The molecule has 126 valence electrons. The minimum atomic E-state index is -0.184. The second kappa shape index (κ2) is 5.68. The number of nitrogens with zero attached hydrogens (tertiary/aromatic N) is 2. The lowest BCUT2D eigenvalue weighted by Gasteiger charge is -2.33. The van der Waals surface area contributed by atoms with E-state index in [4.69, 9.17) is 0 Å². The fourth-order valence-corrected chi connectivity index (χ4v) is 5.17. The zero-order valence-electron chi connectivity index (χ0n) is 13.6. The first-order valence-electron chi connectivity index (χ1n) is 8.39. The van der Waals surface area contributed by atoms with Gasteiger partial charge in [0, 0.05) is 36.2 Å². The van der Waals surface area contributed by atoms with E-state index < -0.39 is 0 Å². The van der Waals surface area contributed by atoms with Gasteiger partial charge in [0.1, 0.15) is 0 Å². The maximum atomic E-state index is 12.6. The van der Waals surface area contributed by atoms with Crippen molar-refractivity contribution >= 4 is 34.7 Å². The minimum absolute atomic E-state index is 0.0481. The Morgan fingerprint density at radius 1 is 1.16 bits per heavy atom. The van der Waals surface area contributed by atoms with Gasteiger partial charge in [-0.1, -0.05) is 12.2 Å². The molecular weight excluding hydrogens is 350 g/mol. The fraction of sp³-hybridized carbons (Fsp3) is 0.263. The van der Waals surface area contributed by atoms with Crippen molar-refractivity contribution < 1.29 is 4.79 Å². The monoisotopic (exact) mass is 367 g/mol. The van der Waals surface area contributed by atoms with Gasteiger partial charge >= 0.3 is 0 Å². The zero-order chi connectivity index (χ0) is 16.9. The molecule has 3 aromatic rings. The topological polar surface area (TPSA) is 49.0 Å². The first-order chi connectivity index (χ1) is 12.3. The lowest BCUT2D eigenvalue weighted by Crippen LogP contribution is -2.42. The minimum Gasteiger partial charge on any atom is -0.337 e. The molecule has 4 heterocycles. The molecule has 0 spiro atoms. The first-order valence-corrected chi connectivity index (χ1v) is 10.3. The Morgan fingerprint density at radius 3 is 2.44 bits per heavy atom. The molecule has 1 aliphatic heterocycles. The average Bonchev–Trinajstić information content (AvgIpc) is 3.32. The van der Waals surface area contributed by atoms with Gasteiger partial charge in [-0.2, -0.15) is 27.8 Å². The van der Waals surface area contributed by atoms with E-state index in [-0.39, 0.29) is 11.3 Å². The van der Waals surface area contributed by atoms with Crippen LogP contribution in [0.3, 0.4) is 0 Å². The number of nitrogens with one attached hydrogen (secondary N) is 1. The van der Waals surface area contributed by atoms with Crippen molar-refractivity contribution in [3.8, 4) is 0 Å². The van der Waals surface area contributed by atoms with Gasteiger partial charge in [0.15, 0.2) is 5.69 Å². The summed E-state index contributed by atoms with van der Waals surface area (Å²) in [5.41, 5.74) is 4.97. The van der Waals surface area contributed by atoms with Crippen LogP contribution >= 0.6 is 22.7 Å². The van der Waals surface area contributed by atoms with Gasteiger partial charge in [0.25, 0.3) is 5.91 Å². The van der Waals surface area contributed by atoms with Gasteiger partial charge in [-0.25, -0.2) is 0 Å². The highest BCUT2D eigenvalue weighted by Gasteiger charge is 2.38. The third kappa shape index (κ3) is 2.24. The number of hydrogen-bond acceptors (Lipinski definition) is 4. The number of H-pyrrole nitrogens is 1. The van der Waals surface area contributed by atoms with E-state index in [0.717, 1.165) is 37.2 Å². The largest absolute Gasteiger partial charge is 0.337 e. The standard InChI is InChI=1S/C19H17N3OS2/c23-18(22-6-1-7-22)17-15-2-5-19(10-16(15)20-21-17,13-3-8-24-11-13)14-4-9-25-12-14/h2-5,8-9,11-12H,1,6-7,10H2,(H,20,21). The van der Waals surface area contributed by atoms with E-state index >= 15 is 0 Å². The molecule has 0 bridgehead atoms. The van der Waals surface area contributed by atoms with Gasteiger partial charge in [-0.3, -0.25) is 9.89 Å². The molecule has 0 radical (unpaired) electrons. The number of aromatic amines is 1. The number of likely N-dealkylation sites (tertiary alicyclic amines) is 1. The summed E-state index contributed by atoms with van der Waals surface area (Å²) in [5.74, 6) is 0.0481. The maximum absolute atomic E-state index is 12.6. The third-order valence-electron chi connectivity index (χ3n) is 5.29. The molecule has 1 amide bonds. The van der Waals surface area contributed by atoms with Gasteiger partial charge in [0.05, 0.1) is 0 Å². The predicted octanol–water partition coefficient (Wildman–Crippen LogP) is 3.93. The molecule has 2 aliphatic rings. The molecule has 6 heteroatoms. The van der Waals surface area contributed by atoms with Crippen LogP contribution in [0.1, 0.15) is 39.3 Å². The lowest BCUT2D eigenvalue weighted by atomic mass is 9.70. The molecule has 25 heavy (non-hydrogen) atoms. The van der Waals surface area contributed by atoms with Crippen LogP contribution in [0, 0.1) is 0 Å². The van der Waals surface area contributed by atoms with Crippen molar-refractivity contribution in [1.29, 1.82) is 0 Å². The Morgan fingerprint density at radius 2 is 1.88 bits per heavy atom. The molecule has 0 unspecified atom stereocenters. The predicted molar refractivity (Wildman–Crippen MR) is 101 cm³/mol. The average molecular weight is 367 g/mol. The molecule has 1 saturated heterocycles. The number of thiophene rings is 2. The number of rotatable bonds is 3. The number of hydrogen-bond donors (Lipinski definition) is 1. The highest BCUT2D eigenvalue weighted by molar-refractivity contribution is 7.08. The van der Waals surface area contributed by atoms with Gasteiger partial charge < -0.3 is 4.90 Å². The summed E-state index contributed by atoms with van der Waals surface area (Å²) in [6, 6.07) is 4.39. The van der Waals surface area contributed by atoms with E-state index in [2.05, 4.69) is 56.0 Å². The lowest BCUT2D eigenvalue weighted by molar-refractivity contribution is 0.0645. The Bertz CT molecular complexity index is 899. The molecule has 0 aromatic carbocycles. The summed E-state index contributed by atoms with van der Waals surface area (Å²) in [6.07, 6.45) is 6.23. The highest BCUT2D eigenvalue weighted by atomic mass is 32.1. The molecule has 0 saturated carbocycles. The van der Waals surface area contributed by atoms with Crippen LogP contribution in [0.25, 0.3) is 6.08 Å². The molecule has 5 rings (SSSR count). The molecule has 1 aliphatic carbocycles. The molecular formula is C19H17N3OS2. The number of carbonyl (C=O) groups is 1. The summed E-state index contributed by atoms with van der Waals surface area (Å²) in [6.45, 7) is 1.69. The van der Waals surface area contributed by atoms with Crippen molar-refractivity contribution in [2.24, 2.45) is 0 Å². The Balaban J connectivity index is 1.58. The molecule has 1 fully saturated rings. The van der Waals surface area contributed by atoms with Crippen LogP contribution < -0.4 is 0 Å². The Kier molecular flexibility index (Phi) is 3.43. The zero-order valence-corrected chi connectivity index (χ0v) is 15.2. The molecule has 1 N–H and O–H groups in total.